The second-order valence-corrected chi connectivity index (χ2v) is 5.34. The van der Waals surface area contributed by atoms with Gasteiger partial charge >= 0.3 is 0 Å². The summed E-state index contributed by atoms with van der Waals surface area (Å²) in [5.41, 5.74) is 0.907. The maximum Gasteiger partial charge on any atom is 0.270 e. The van der Waals surface area contributed by atoms with Crippen molar-refractivity contribution in [3.05, 3.63) is 38.3 Å². The van der Waals surface area contributed by atoms with Crippen molar-refractivity contribution in [2.45, 2.75) is 26.4 Å². The van der Waals surface area contributed by atoms with Gasteiger partial charge in [0.15, 0.2) is 0 Å². The van der Waals surface area contributed by atoms with E-state index in [1.54, 1.807) is 24.9 Å². The highest BCUT2D eigenvalue weighted by atomic mass is 79.9. The van der Waals surface area contributed by atoms with E-state index >= 15 is 0 Å². The lowest BCUT2D eigenvalue weighted by atomic mass is 10.2. The number of rotatable bonds is 6. The van der Waals surface area contributed by atoms with Gasteiger partial charge < -0.3 is 10.2 Å². The van der Waals surface area contributed by atoms with Crippen LogP contribution in [0.4, 0.5) is 5.69 Å². The van der Waals surface area contributed by atoms with Crippen LogP contribution in [0, 0.1) is 10.1 Å². The molecule has 0 spiro atoms. The fourth-order valence-electron chi connectivity index (χ4n) is 1.63. The topological polar surface area (TPSA) is 75.5 Å². The average Bonchev–Trinajstić information content (AvgIpc) is 2.43. The molecule has 6 nitrogen and oxygen atoms in total. The molecule has 20 heavy (non-hydrogen) atoms. The monoisotopic (exact) mass is 343 g/mol. The van der Waals surface area contributed by atoms with Gasteiger partial charge in [-0.2, -0.15) is 0 Å². The average molecular weight is 344 g/mol. The van der Waals surface area contributed by atoms with Gasteiger partial charge in [0.05, 0.1) is 11.0 Å². The van der Waals surface area contributed by atoms with Crippen molar-refractivity contribution >= 4 is 27.5 Å². The number of benzene rings is 1. The van der Waals surface area contributed by atoms with E-state index in [4.69, 9.17) is 0 Å². The molecule has 0 heterocycles. The lowest BCUT2D eigenvalue weighted by Crippen LogP contribution is -2.42. The highest BCUT2D eigenvalue weighted by molar-refractivity contribution is 9.10. The molecule has 1 unspecified atom stereocenters. The molecule has 0 aliphatic heterocycles. The van der Waals surface area contributed by atoms with Crippen LogP contribution in [0.15, 0.2) is 22.7 Å². The zero-order valence-electron chi connectivity index (χ0n) is 11.7. The fraction of sp³-hybridized carbons (Fsp3) is 0.462. The molecule has 0 aromatic heterocycles. The number of carbonyl (C=O) groups is 1. The summed E-state index contributed by atoms with van der Waals surface area (Å²) in [6.07, 6.45) is 0. The second kappa shape index (κ2) is 7.35. The van der Waals surface area contributed by atoms with Gasteiger partial charge in [-0.1, -0.05) is 15.9 Å². The predicted octanol–water partition coefficient (Wildman–Crippen LogP) is 2.31. The summed E-state index contributed by atoms with van der Waals surface area (Å²) < 4.78 is 0.655. The molecule has 1 atom stereocenters. The molecule has 0 aliphatic carbocycles. The number of carbonyl (C=O) groups excluding carboxylic acids is 1. The van der Waals surface area contributed by atoms with Gasteiger partial charge in [-0.3, -0.25) is 14.9 Å². The van der Waals surface area contributed by atoms with Gasteiger partial charge in [0.1, 0.15) is 0 Å². The SMILES string of the molecule is CCN(C)C(=O)C(C)NCc1ccc([N+](=O)[O-])cc1Br. The summed E-state index contributed by atoms with van der Waals surface area (Å²) in [6, 6.07) is 4.28. The molecule has 0 saturated heterocycles. The van der Waals surface area contributed by atoms with Crippen molar-refractivity contribution < 1.29 is 9.72 Å². The normalized spacial score (nSPS) is 12.0. The van der Waals surface area contributed by atoms with Crippen molar-refractivity contribution in [3.63, 3.8) is 0 Å². The molecule has 0 fully saturated rings. The van der Waals surface area contributed by atoms with Gasteiger partial charge in [0.25, 0.3) is 5.69 Å². The van der Waals surface area contributed by atoms with Crippen LogP contribution in [0.3, 0.4) is 0 Å². The minimum absolute atomic E-state index is 0.0190. The Bertz CT molecular complexity index is 508. The van der Waals surface area contributed by atoms with Crippen LogP contribution in [0.1, 0.15) is 19.4 Å². The number of amides is 1. The van der Waals surface area contributed by atoms with E-state index in [0.717, 1.165) is 5.56 Å². The van der Waals surface area contributed by atoms with Crippen molar-refractivity contribution in [2.75, 3.05) is 13.6 Å². The maximum absolute atomic E-state index is 11.9. The van der Waals surface area contributed by atoms with Crippen molar-refractivity contribution in [2.24, 2.45) is 0 Å². The zero-order valence-corrected chi connectivity index (χ0v) is 13.3. The molecule has 7 heteroatoms. The van der Waals surface area contributed by atoms with Gasteiger partial charge in [-0.15, -0.1) is 0 Å². The molecule has 0 saturated carbocycles. The summed E-state index contributed by atoms with van der Waals surface area (Å²) in [7, 11) is 1.75. The predicted molar refractivity (Wildman–Crippen MR) is 80.4 cm³/mol. The van der Waals surface area contributed by atoms with Gasteiger partial charge in [-0.25, -0.2) is 0 Å². The Morgan fingerprint density at radius 2 is 2.20 bits per heavy atom. The van der Waals surface area contributed by atoms with E-state index in [1.165, 1.54) is 12.1 Å². The Hall–Kier alpha value is -1.47. The van der Waals surface area contributed by atoms with Crippen LogP contribution in [0.2, 0.25) is 0 Å². The van der Waals surface area contributed by atoms with Crippen molar-refractivity contribution in [1.82, 2.24) is 10.2 Å². The third-order valence-corrected chi connectivity index (χ3v) is 3.81. The van der Waals surface area contributed by atoms with Crippen LogP contribution < -0.4 is 5.32 Å². The zero-order chi connectivity index (χ0) is 15.3. The van der Waals surface area contributed by atoms with E-state index in [1.807, 2.05) is 6.92 Å². The quantitative estimate of drug-likeness (QED) is 0.635. The van der Waals surface area contributed by atoms with Crippen LogP contribution in [0.25, 0.3) is 0 Å². The lowest BCUT2D eigenvalue weighted by Gasteiger charge is -2.20. The first-order valence-electron chi connectivity index (χ1n) is 6.28. The number of nitro groups is 1. The summed E-state index contributed by atoms with van der Waals surface area (Å²) >= 11 is 3.31. The number of halogens is 1. The van der Waals surface area contributed by atoms with Crippen LogP contribution in [-0.2, 0) is 11.3 Å². The first-order chi connectivity index (χ1) is 9.36. The highest BCUT2D eigenvalue weighted by Gasteiger charge is 2.16. The summed E-state index contributed by atoms with van der Waals surface area (Å²) in [4.78, 5) is 23.7. The number of hydrogen-bond acceptors (Lipinski definition) is 4. The summed E-state index contributed by atoms with van der Waals surface area (Å²) in [5, 5.41) is 13.8. The minimum atomic E-state index is -0.440. The van der Waals surface area contributed by atoms with E-state index in [9.17, 15) is 14.9 Å². The minimum Gasteiger partial charge on any atom is -0.345 e. The van der Waals surface area contributed by atoms with Crippen LogP contribution >= 0.6 is 15.9 Å². The molecular formula is C13H18BrN3O3. The van der Waals surface area contributed by atoms with E-state index in [0.29, 0.717) is 17.6 Å². The van der Waals surface area contributed by atoms with Gasteiger partial charge in [-0.05, 0) is 25.5 Å². The molecule has 0 aliphatic rings. The highest BCUT2D eigenvalue weighted by Crippen LogP contribution is 2.22. The first kappa shape index (κ1) is 16.6. The third kappa shape index (κ3) is 4.28. The fourth-order valence-corrected chi connectivity index (χ4v) is 2.14. The second-order valence-electron chi connectivity index (χ2n) is 4.49. The number of likely N-dealkylation sites (N-methyl/N-ethyl adjacent to an activating group) is 1. The molecule has 1 N–H and O–H groups in total. The summed E-state index contributed by atoms with van der Waals surface area (Å²) in [6.45, 7) is 4.83. The molecule has 110 valence electrons. The van der Waals surface area contributed by atoms with Crippen LogP contribution in [-0.4, -0.2) is 35.4 Å². The smallest absolute Gasteiger partial charge is 0.270 e. The molecule has 1 aromatic rings. The van der Waals surface area contributed by atoms with Gasteiger partial charge in [0, 0.05) is 36.7 Å². The Balaban J connectivity index is 2.66. The summed E-state index contributed by atoms with van der Waals surface area (Å²) in [5.74, 6) is 0.0190. The van der Waals surface area contributed by atoms with Crippen molar-refractivity contribution in [3.8, 4) is 0 Å². The molecular weight excluding hydrogens is 326 g/mol. The number of hydrogen-bond donors (Lipinski definition) is 1. The molecule has 0 radical (unpaired) electrons. The van der Waals surface area contributed by atoms with E-state index in [2.05, 4.69) is 21.2 Å². The Morgan fingerprint density at radius 1 is 1.55 bits per heavy atom. The van der Waals surface area contributed by atoms with E-state index < -0.39 is 4.92 Å². The Morgan fingerprint density at radius 3 is 2.70 bits per heavy atom. The molecule has 1 amide bonds. The maximum atomic E-state index is 11.9. The number of nitrogens with zero attached hydrogens (tertiary/aromatic N) is 2. The molecule has 0 bridgehead atoms. The molecule has 1 rings (SSSR count). The first-order valence-corrected chi connectivity index (χ1v) is 7.07. The Kier molecular flexibility index (Phi) is 6.09. The third-order valence-electron chi connectivity index (χ3n) is 3.07. The molecule has 1 aromatic carbocycles. The largest absolute Gasteiger partial charge is 0.345 e. The van der Waals surface area contributed by atoms with Crippen molar-refractivity contribution in [1.29, 1.82) is 0 Å². The van der Waals surface area contributed by atoms with Crippen LogP contribution in [0.5, 0.6) is 0 Å². The number of non-ortho nitro benzene ring substituents is 1. The lowest BCUT2D eigenvalue weighted by molar-refractivity contribution is -0.384. The van der Waals surface area contributed by atoms with Gasteiger partial charge in [0.2, 0.25) is 5.91 Å². The standard InChI is InChI=1S/C13H18BrN3O3/c1-4-16(3)13(18)9(2)15-8-10-5-6-11(17(19)20)7-12(10)14/h5-7,9,15H,4,8H2,1-3H3. The number of nitrogens with one attached hydrogen (secondary N) is 1. The van der Waals surface area contributed by atoms with E-state index in [-0.39, 0.29) is 17.6 Å². The Labute approximate surface area is 126 Å². The number of nitro benzene ring substituents is 1.